The van der Waals surface area contributed by atoms with E-state index in [0.29, 0.717) is 6.04 Å². The predicted molar refractivity (Wildman–Crippen MR) is 80.3 cm³/mol. The van der Waals surface area contributed by atoms with Crippen molar-refractivity contribution >= 4 is 21.6 Å². The molecule has 1 aliphatic rings. The molecule has 2 atom stereocenters. The summed E-state index contributed by atoms with van der Waals surface area (Å²) in [5.74, 6) is 2.53. The molecule has 18 heavy (non-hydrogen) atoms. The van der Waals surface area contributed by atoms with Crippen molar-refractivity contribution in [1.29, 1.82) is 0 Å². The van der Waals surface area contributed by atoms with Gasteiger partial charge in [-0.15, -0.1) is 0 Å². The third-order valence-corrected chi connectivity index (χ3v) is 4.32. The third-order valence-electron chi connectivity index (χ3n) is 3.70. The van der Waals surface area contributed by atoms with Crippen LogP contribution in [0.2, 0.25) is 0 Å². The number of hydrogen-bond acceptors (Lipinski definition) is 2. The highest BCUT2D eigenvalue weighted by atomic mass is 79.9. The van der Waals surface area contributed by atoms with Crippen LogP contribution in [0, 0.1) is 11.8 Å². The Hall–Kier alpha value is -0.700. The Balaban J connectivity index is 2.02. The Labute approximate surface area is 118 Å². The number of halogens is 1. The lowest BCUT2D eigenvalue weighted by Gasteiger charge is -2.32. The number of anilines is 1. The average Bonchev–Trinajstić information content (AvgIpc) is 2.27. The van der Waals surface area contributed by atoms with Gasteiger partial charge in [0.2, 0.25) is 0 Å². The Morgan fingerprint density at radius 3 is 2.39 bits per heavy atom. The van der Waals surface area contributed by atoms with E-state index in [0.717, 1.165) is 22.1 Å². The van der Waals surface area contributed by atoms with E-state index in [9.17, 15) is 0 Å². The molecule has 0 aliphatic heterocycles. The van der Waals surface area contributed by atoms with Crippen molar-refractivity contribution in [3.8, 4) is 5.75 Å². The van der Waals surface area contributed by atoms with E-state index in [1.165, 1.54) is 24.9 Å². The van der Waals surface area contributed by atoms with Crippen molar-refractivity contribution in [2.45, 2.75) is 39.2 Å². The van der Waals surface area contributed by atoms with Gasteiger partial charge in [0.15, 0.2) is 0 Å². The first-order valence-corrected chi connectivity index (χ1v) is 7.48. The summed E-state index contributed by atoms with van der Waals surface area (Å²) in [5.41, 5.74) is 1.17. The standard InChI is InChI=1S/C15H22BrNO/c1-10-6-11(2)8-13(7-10)17-12-4-5-15(18-3)14(16)9-12/h4-5,9-11,13,17H,6-8H2,1-3H3. The molecule has 0 aromatic heterocycles. The number of benzene rings is 1. The first kappa shape index (κ1) is 13.7. The van der Waals surface area contributed by atoms with Gasteiger partial charge in [-0.05, 0) is 65.2 Å². The Morgan fingerprint density at radius 2 is 1.83 bits per heavy atom. The first-order valence-electron chi connectivity index (χ1n) is 6.68. The van der Waals surface area contributed by atoms with Crippen molar-refractivity contribution < 1.29 is 4.74 Å². The van der Waals surface area contributed by atoms with Crippen molar-refractivity contribution in [3.05, 3.63) is 22.7 Å². The molecule has 0 heterocycles. The second-order valence-electron chi connectivity index (χ2n) is 5.61. The molecule has 0 saturated heterocycles. The van der Waals surface area contributed by atoms with Crippen LogP contribution in [0.25, 0.3) is 0 Å². The van der Waals surface area contributed by atoms with Gasteiger partial charge in [-0.25, -0.2) is 0 Å². The molecule has 2 nitrogen and oxygen atoms in total. The highest BCUT2D eigenvalue weighted by Gasteiger charge is 2.23. The number of hydrogen-bond donors (Lipinski definition) is 1. The van der Waals surface area contributed by atoms with E-state index in [1.807, 2.05) is 6.07 Å². The lowest BCUT2D eigenvalue weighted by atomic mass is 9.80. The van der Waals surface area contributed by atoms with Crippen LogP contribution in [0.1, 0.15) is 33.1 Å². The Kier molecular flexibility index (Phi) is 4.55. The SMILES string of the molecule is COc1ccc(NC2CC(C)CC(C)C2)cc1Br. The van der Waals surface area contributed by atoms with Crippen molar-refractivity contribution in [2.75, 3.05) is 12.4 Å². The third kappa shape index (κ3) is 3.41. The van der Waals surface area contributed by atoms with E-state index < -0.39 is 0 Å². The van der Waals surface area contributed by atoms with Crippen LogP contribution < -0.4 is 10.1 Å². The summed E-state index contributed by atoms with van der Waals surface area (Å²) in [6.07, 6.45) is 3.91. The molecular weight excluding hydrogens is 290 g/mol. The van der Waals surface area contributed by atoms with E-state index in [2.05, 4.69) is 47.2 Å². The van der Waals surface area contributed by atoms with Gasteiger partial charge in [-0.1, -0.05) is 13.8 Å². The minimum absolute atomic E-state index is 0.601. The molecule has 1 saturated carbocycles. The summed E-state index contributed by atoms with van der Waals surface area (Å²) in [6.45, 7) is 4.71. The van der Waals surface area contributed by atoms with Gasteiger partial charge in [0, 0.05) is 11.7 Å². The summed E-state index contributed by atoms with van der Waals surface area (Å²) in [4.78, 5) is 0. The molecule has 100 valence electrons. The lowest BCUT2D eigenvalue weighted by Crippen LogP contribution is -2.30. The van der Waals surface area contributed by atoms with Crippen LogP contribution in [0.5, 0.6) is 5.75 Å². The Morgan fingerprint density at radius 1 is 1.17 bits per heavy atom. The van der Waals surface area contributed by atoms with Crippen LogP contribution in [0.15, 0.2) is 22.7 Å². The molecular formula is C15H22BrNO. The summed E-state index contributed by atoms with van der Waals surface area (Å²) in [5, 5.41) is 3.65. The van der Waals surface area contributed by atoms with Crippen LogP contribution in [-0.2, 0) is 0 Å². The van der Waals surface area contributed by atoms with Crippen LogP contribution >= 0.6 is 15.9 Å². The molecule has 0 amide bonds. The fourth-order valence-electron chi connectivity index (χ4n) is 3.06. The van der Waals surface area contributed by atoms with Gasteiger partial charge in [-0.3, -0.25) is 0 Å². The largest absolute Gasteiger partial charge is 0.496 e. The zero-order valence-corrected chi connectivity index (χ0v) is 13.0. The highest BCUT2D eigenvalue weighted by molar-refractivity contribution is 9.10. The zero-order valence-electron chi connectivity index (χ0n) is 11.4. The van der Waals surface area contributed by atoms with Gasteiger partial charge in [0.05, 0.1) is 11.6 Å². The average molecular weight is 312 g/mol. The monoisotopic (exact) mass is 311 g/mol. The number of ether oxygens (including phenoxy) is 1. The second kappa shape index (κ2) is 5.96. The second-order valence-corrected chi connectivity index (χ2v) is 6.46. The van der Waals surface area contributed by atoms with Gasteiger partial charge in [-0.2, -0.15) is 0 Å². The normalized spacial score (nSPS) is 27.9. The summed E-state index contributed by atoms with van der Waals surface area (Å²) < 4.78 is 6.26. The lowest BCUT2D eigenvalue weighted by molar-refractivity contribution is 0.281. The smallest absolute Gasteiger partial charge is 0.133 e. The quantitative estimate of drug-likeness (QED) is 0.874. The van der Waals surface area contributed by atoms with Crippen LogP contribution in [0.3, 0.4) is 0 Å². The zero-order chi connectivity index (χ0) is 13.1. The van der Waals surface area contributed by atoms with Gasteiger partial charge >= 0.3 is 0 Å². The maximum Gasteiger partial charge on any atom is 0.133 e. The molecule has 1 aromatic carbocycles. The minimum Gasteiger partial charge on any atom is -0.496 e. The van der Waals surface area contributed by atoms with Crippen LogP contribution in [0.4, 0.5) is 5.69 Å². The molecule has 0 bridgehead atoms. The minimum atomic E-state index is 0.601. The highest BCUT2D eigenvalue weighted by Crippen LogP contribution is 2.32. The van der Waals surface area contributed by atoms with E-state index >= 15 is 0 Å². The fraction of sp³-hybridized carbons (Fsp3) is 0.600. The molecule has 1 aliphatic carbocycles. The number of nitrogens with one attached hydrogen (secondary N) is 1. The number of rotatable bonds is 3. The van der Waals surface area contributed by atoms with Crippen molar-refractivity contribution in [3.63, 3.8) is 0 Å². The van der Waals surface area contributed by atoms with Crippen molar-refractivity contribution in [1.82, 2.24) is 0 Å². The maximum atomic E-state index is 5.25. The van der Waals surface area contributed by atoms with Gasteiger partial charge < -0.3 is 10.1 Å². The molecule has 1 N–H and O–H groups in total. The topological polar surface area (TPSA) is 21.3 Å². The number of methoxy groups -OCH3 is 1. The maximum absolute atomic E-state index is 5.25. The molecule has 1 aromatic rings. The molecule has 2 unspecified atom stereocenters. The van der Waals surface area contributed by atoms with Crippen molar-refractivity contribution in [2.24, 2.45) is 11.8 Å². The van der Waals surface area contributed by atoms with Crippen LogP contribution in [-0.4, -0.2) is 13.2 Å². The predicted octanol–water partition coefficient (Wildman–Crippen LogP) is 4.69. The molecule has 1 fully saturated rings. The van der Waals surface area contributed by atoms with Gasteiger partial charge in [0.25, 0.3) is 0 Å². The summed E-state index contributed by atoms with van der Waals surface area (Å²) in [7, 11) is 1.69. The Bertz CT molecular complexity index is 397. The van der Waals surface area contributed by atoms with E-state index in [-0.39, 0.29) is 0 Å². The van der Waals surface area contributed by atoms with Gasteiger partial charge in [0.1, 0.15) is 5.75 Å². The molecule has 3 heteroatoms. The van der Waals surface area contributed by atoms with E-state index in [1.54, 1.807) is 7.11 Å². The fourth-order valence-corrected chi connectivity index (χ4v) is 3.60. The van der Waals surface area contributed by atoms with E-state index in [4.69, 9.17) is 4.74 Å². The molecule has 2 rings (SSSR count). The summed E-state index contributed by atoms with van der Waals surface area (Å²) in [6, 6.07) is 6.79. The first-order chi connectivity index (χ1) is 8.58. The molecule has 0 spiro atoms. The summed E-state index contributed by atoms with van der Waals surface area (Å²) >= 11 is 3.53. The molecule has 0 radical (unpaired) electrons.